The van der Waals surface area contributed by atoms with Gasteiger partial charge in [-0.05, 0) is 31.0 Å². The van der Waals surface area contributed by atoms with E-state index in [1.807, 2.05) is 0 Å². The highest BCUT2D eigenvalue weighted by Crippen LogP contribution is 2.35. The fourth-order valence-corrected chi connectivity index (χ4v) is 2.60. The second-order valence-corrected chi connectivity index (χ2v) is 5.50. The van der Waals surface area contributed by atoms with Crippen molar-refractivity contribution in [1.29, 1.82) is 5.26 Å². The molecule has 2 rings (SSSR count). The number of ether oxygens (including phenoxy) is 1. The molecule has 0 amide bonds. The fraction of sp³-hybridized carbons (Fsp3) is 0.533. The summed E-state index contributed by atoms with van der Waals surface area (Å²) in [5.41, 5.74) is -1.11. The van der Waals surface area contributed by atoms with Crippen molar-refractivity contribution in [2.24, 2.45) is 5.41 Å². The third kappa shape index (κ3) is 3.70. The molecular weight excluding hydrogens is 297 g/mol. The third-order valence-electron chi connectivity index (χ3n) is 3.94. The maximum Gasteiger partial charge on any atom is 0.417 e. The molecule has 2 N–H and O–H groups in total. The van der Waals surface area contributed by atoms with Crippen molar-refractivity contribution in [3.8, 4) is 6.07 Å². The Morgan fingerprint density at radius 1 is 1.41 bits per heavy atom. The fourth-order valence-electron chi connectivity index (χ4n) is 2.60. The number of rotatable bonds is 5. The van der Waals surface area contributed by atoms with E-state index >= 15 is 0 Å². The zero-order chi connectivity index (χ0) is 16.2. The summed E-state index contributed by atoms with van der Waals surface area (Å²) in [4.78, 5) is 0. The van der Waals surface area contributed by atoms with Crippen LogP contribution in [0.25, 0.3) is 0 Å². The van der Waals surface area contributed by atoms with Crippen molar-refractivity contribution in [3.63, 3.8) is 0 Å². The molecule has 0 saturated carbocycles. The maximum atomic E-state index is 12.7. The highest BCUT2D eigenvalue weighted by molar-refractivity contribution is 5.53. The number of anilines is 1. The van der Waals surface area contributed by atoms with E-state index in [2.05, 4.69) is 5.32 Å². The van der Waals surface area contributed by atoms with Crippen molar-refractivity contribution in [3.05, 3.63) is 29.3 Å². The zero-order valence-electron chi connectivity index (χ0n) is 11.9. The van der Waals surface area contributed by atoms with Crippen molar-refractivity contribution >= 4 is 5.69 Å². The Morgan fingerprint density at radius 2 is 2.18 bits per heavy atom. The molecule has 120 valence electrons. The van der Waals surface area contributed by atoms with Gasteiger partial charge in [0.2, 0.25) is 0 Å². The Kier molecular flexibility index (Phi) is 4.94. The second kappa shape index (κ2) is 6.55. The molecule has 0 bridgehead atoms. The summed E-state index contributed by atoms with van der Waals surface area (Å²) in [6.07, 6.45) is -3.20. The lowest BCUT2D eigenvalue weighted by atomic mass is 9.84. The monoisotopic (exact) mass is 314 g/mol. The molecule has 1 aliphatic rings. The predicted molar refractivity (Wildman–Crippen MR) is 74.2 cm³/mol. The molecule has 1 saturated heterocycles. The zero-order valence-corrected chi connectivity index (χ0v) is 11.9. The van der Waals surface area contributed by atoms with Gasteiger partial charge < -0.3 is 15.2 Å². The van der Waals surface area contributed by atoms with Gasteiger partial charge in [0.15, 0.2) is 0 Å². The summed E-state index contributed by atoms with van der Waals surface area (Å²) < 4.78 is 43.6. The molecule has 1 atom stereocenters. The van der Waals surface area contributed by atoms with Gasteiger partial charge in [-0.1, -0.05) is 0 Å². The number of aliphatic hydroxyl groups is 1. The van der Waals surface area contributed by atoms with E-state index in [1.165, 1.54) is 12.1 Å². The summed E-state index contributed by atoms with van der Waals surface area (Å²) in [5.74, 6) is 0. The van der Waals surface area contributed by atoms with Crippen LogP contribution in [0.5, 0.6) is 0 Å². The predicted octanol–water partition coefficient (Wildman–Crippen LogP) is 2.78. The average Bonchev–Trinajstić information content (AvgIpc) is 2.93. The smallest absolute Gasteiger partial charge is 0.396 e. The first-order valence-corrected chi connectivity index (χ1v) is 6.94. The van der Waals surface area contributed by atoms with Gasteiger partial charge in [0.1, 0.15) is 0 Å². The lowest BCUT2D eigenvalue weighted by molar-refractivity contribution is -0.137. The Morgan fingerprint density at radius 3 is 2.73 bits per heavy atom. The largest absolute Gasteiger partial charge is 0.417 e. The number of hydrogen-bond acceptors (Lipinski definition) is 4. The minimum Gasteiger partial charge on any atom is -0.396 e. The van der Waals surface area contributed by atoms with E-state index < -0.39 is 17.3 Å². The number of hydrogen-bond donors (Lipinski definition) is 2. The van der Waals surface area contributed by atoms with Gasteiger partial charge in [0, 0.05) is 30.9 Å². The molecule has 0 unspecified atom stereocenters. The first-order chi connectivity index (χ1) is 10.4. The number of aliphatic hydroxyl groups excluding tert-OH is 1. The minimum atomic E-state index is -4.54. The van der Waals surface area contributed by atoms with Gasteiger partial charge in [-0.3, -0.25) is 0 Å². The van der Waals surface area contributed by atoms with Crippen LogP contribution in [0.2, 0.25) is 0 Å². The molecule has 22 heavy (non-hydrogen) atoms. The van der Waals surface area contributed by atoms with Crippen LogP contribution in [0.3, 0.4) is 0 Å². The summed E-state index contributed by atoms with van der Waals surface area (Å²) in [7, 11) is 0. The van der Waals surface area contributed by atoms with Crippen LogP contribution >= 0.6 is 0 Å². The quantitative estimate of drug-likeness (QED) is 0.877. The topological polar surface area (TPSA) is 65.3 Å². The van der Waals surface area contributed by atoms with Crippen molar-refractivity contribution < 1.29 is 23.0 Å². The lowest BCUT2D eigenvalue weighted by Crippen LogP contribution is -2.31. The number of halogens is 3. The Balaban J connectivity index is 2.12. The van der Waals surface area contributed by atoms with E-state index in [9.17, 15) is 13.2 Å². The van der Waals surface area contributed by atoms with Gasteiger partial charge in [-0.25, -0.2) is 0 Å². The van der Waals surface area contributed by atoms with E-state index in [-0.39, 0.29) is 12.0 Å². The number of nitriles is 1. The minimum absolute atomic E-state index is 0.0293. The van der Waals surface area contributed by atoms with Gasteiger partial charge in [0.05, 0.1) is 23.8 Å². The summed E-state index contributed by atoms with van der Waals surface area (Å²) in [5, 5.41) is 21.1. The van der Waals surface area contributed by atoms with Gasteiger partial charge in [0.25, 0.3) is 0 Å². The first-order valence-electron chi connectivity index (χ1n) is 6.94. The summed E-state index contributed by atoms with van der Waals surface area (Å²) in [6.45, 7) is 1.62. The molecule has 0 aromatic heterocycles. The average molecular weight is 314 g/mol. The van der Waals surface area contributed by atoms with Crippen LogP contribution in [0.4, 0.5) is 18.9 Å². The van der Waals surface area contributed by atoms with E-state index in [4.69, 9.17) is 15.1 Å². The number of nitrogens with one attached hydrogen (secondary N) is 1. The maximum absolute atomic E-state index is 12.7. The molecule has 0 spiro atoms. The van der Waals surface area contributed by atoms with Crippen LogP contribution in [0.1, 0.15) is 24.0 Å². The molecule has 1 heterocycles. The van der Waals surface area contributed by atoms with Gasteiger partial charge in [-0.15, -0.1) is 0 Å². The van der Waals surface area contributed by atoms with Crippen LogP contribution in [0, 0.1) is 16.7 Å². The standard InChI is InChI=1S/C15H17F3N2O2/c16-15(17,18)13-2-1-12(7-11(13)8-19)20-9-14(3-5-21)4-6-22-10-14/h1-2,7,20-21H,3-6,9-10H2/t14-/m0/s1. The Bertz CT molecular complexity index is 561. The summed E-state index contributed by atoms with van der Waals surface area (Å²) in [6, 6.07) is 5.00. The number of alkyl halides is 3. The molecule has 4 nitrogen and oxygen atoms in total. The molecule has 1 fully saturated rings. The van der Waals surface area contributed by atoms with Crippen LogP contribution in [0.15, 0.2) is 18.2 Å². The first kappa shape index (κ1) is 16.6. The molecule has 1 aliphatic heterocycles. The summed E-state index contributed by atoms with van der Waals surface area (Å²) >= 11 is 0. The van der Waals surface area contributed by atoms with Gasteiger partial charge in [-0.2, -0.15) is 18.4 Å². The molecular formula is C15H17F3N2O2. The van der Waals surface area contributed by atoms with Gasteiger partial charge >= 0.3 is 6.18 Å². The molecule has 0 radical (unpaired) electrons. The van der Waals surface area contributed by atoms with E-state index in [0.29, 0.717) is 31.9 Å². The Labute approximate surface area is 126 Å². The molecule has 1 aromatic rings. The van der Waals surface area contributed by atoms with Crippen molar-refractivity contribution in [1.82, 2.24) is 0 Å². The van der Waals surface area contributed by atoms with Crippen LogP contribution in [-0.2, 0) is 10.9 Å². The van der Waals surface area contributed by atoms with E-state index in [1.54, 1.807) is 6.07 Å². The highest BCUT2D eigenvalue weighted by atomic mass is 19.4. The molecule has 0 aliphatic carbocycles. The third-order valence-corrected chi connectivity index (χ3v) is 3.94. The highest BCUT2D eigenvalue weighted by Gasteiger charge is 2.35. The molecule has 7 heteroatoms. The number of nitrogens with zero attached hydrogens (tertiary/aromatic N) is 1. The number of benzene rings is 1. The van der Waals surface area contributed by atoms with Crippen molar-refractivity contribution in [2.75, 3.05) is 31.7 Å². The molecule has 1 aromatic carbocycles. The Hall–Kier alpha value is -1.78. The lowest BCUT2D eigenvalue weighted by Gasteiger charge is -2.27. The SMILES string of the molecule is N#Cc1cc(NC[C@]2(CCO)CCOC2)ccc1C(F)(F)F. The normalized spacial score (nSPS) is 21.6. The van der Waals surface area contributed by atoms with Crippen LogP contribution in [-0.4, -0.2) is 31.5 Å². The van der Waals surface area contributed by atoms with Crippen LogP contribution < -0.4 is 5.32 Å². The second-order valence-electron chi connectivity index (χ2n) is 5.50. The van der Waals surface area contributed by atoms with E-state index in [0.717, 1.165) is 12.5 Å². The van der Waals surface area contributed by atoms with Crippen molar-refractivity contribution in [2.45, 2.75) is 19.0 Å².